The number of hydrogen-bond acceptors (Lipinski definition) is 3. The van der Waals surface area contributed by atoms with Gasteiger partial charge in [0.2, 0.25) is 5.96 Å². The molecule has 0 amide bonds. The maximum Gasteiger partial charge on any atom is 0.417 e. The third-order valence-electron chi connectivity index (χ3n) is 3.26. The molecule has 0 atom stereocenters. The first-order chi connectivity index (χ1) is 12.1. The Balaban J connectivity index is 2.57. The van der Waals surface area contributed by atoms with Gasteiger partial charge in [0.1, 0.15) is 5.82 Å². The van der Waals surface area contributed by atoms with Gasteiger partial charge in [0.25, 0.3) is 0 Å². The van der Waals surface area contributed by atoms with Crippen molar-refractivity contribution in [3.05, 3.63) is 42.1 Å². The van der Waals surface area contributed by atoms with Gasteiger partial charge in [-0.1, -0.05) is 12.1 Å². The fourth-order valence-corrected chi connectivity index (χ4v) is 2.21. The fourth-order valence-electron chi connectivity index (χ4n) is 2.21. The Morgan fingerprint density at radius 3 is 2.38 bits per heavy atom. The third-order valence-corrected chi connectivity index (χ3v) is 3.26. The van der Waals surface area contributed by atoms with Gasteiger partial charge in [-0.3, -0.25) is 0 Å². The van der Waals surface area contributed by atoms with Crippen molar-refractivity contribution in [2.24, 2.45) is 27.2 Å². The van der Waals surface area contributed by atoms with E-state index in [4.69, 9.17) is 17.2 Å². The Hall–Kier alpha value is -3.30. The van der Waals surface area contributed by atoms with Gasteiger partial charge in [-0.2, -0.15) is 18.2 Å². The van der Waals surface area contributed by atoms with E-state index >= 15 is 0 Å². The van der Waals surface area contributed by atoms with Crippen molar-refractivity contribution in [2.45, 2.75) is 6.18 Å². The second kappa shape index (κ2) is 7.30. The Morgan fingerprint density at radius 1 is 1.12 bits per heavy atom. The summed E-state index contributed by atoms with van der Waals surface area (Å²) in [6.07, 6.45) is -3.70. The first-order valence-corrected chi connectivity index (χ1v) is 7.36. The highest BCUT2D eigenvalue weighted by atomic mass is 19.4. The average molecular weight is 365 g/mol. The van der Waals surface area contributed by atoms with E-state index in [1.165, 1.54) is 0 Å². The molecular formula is C16H18F3N7. The van der Waals surface area contributed by atoms with Crippen LogP contribution in [0.25, 0.3) is 11.1 Å². The standard InChI is InChI=1S/C16H18F3N7/c1-26(2)13-12(7-10(8-23-13)16(17,18)19)9-4-3-5-11(6-9)24-15(22)25-14(20)21/h3-8H,1-2H3,(H6,20,21,22,24,25). The van der Waals surface area contributed by atoms with Crippen LogP contribution < -0.4 is 22.1 Å². The predicted octanol–water partition coefficient (Wildman–Crippen LogP) is 2.05. The van der Waals surface area contributed by atoms with E-state index < -0.39 is 11.7 Å². The molecule has 2 aromatic rings. The maximum atomic E-state index is 13.1. The first-order valence-electron chi connectivity index (χ1n) is 7.36. The molecule has 138 valence electrons. The summed E-state index contributed by atoms with van der Waals surface area (Å²) in [4.78, 5) is 13.2. The van der Waals surface area contributed by atoms with Crippen LogP contribution in [0.1, 0.15) is 5.56 Å². The van der Waals surface area contributed by atoms with Gasteiger partial charge >= 0.3 is 6.18 Å². The summed E-state index contributed by atoms with van der Waals surface area (Å²) in [5, 5.41) is 0. The van der Waals surface area contributed by atoms with Crippen LogP contribution >= 0.6 is 0 Å². The van der Waals surface area contributed by atoms with Crippen LogP contribution in [0.15, 0.2) is 46.5 Å². The molecule has 0 spiro atoms. The molecule has 2 rings (SSSR count). The molecule has 26 heavy (non-hydrogen) atoms. The second-order valence-corrected chi connectivity index (χ2v) is 5.54. The van der Waals surface area contributed by atoms with Gasteiger partial charge < -0.3 is 22.1 Å². The zero-order chi connectivity index (χ0) is 19.5. The fraction of sp³-hybridized carbons (Fsp3) is 0.188. The number of aliphatic imine (C=N–C) groups is 2. The molecular weight excluding hydrogens is 347 g/mol. The summed E-state index contributed by atoms with van der Waals surface area (Å²) < 4.78 is 39.2. The number of pyridine rings is 1. The third kappa shape index (κ3) is 4.62. The van der Waals surface area contributed by atoms with Crippen LogP contribution in [0.2, 0.25) is 0 Å². The summed E-state index contributed by atoms with van der Waals surface area (Å²) >= 11 is 0. The van der Waals surface area contributed by atoms with E-state index in [1.54, 1.807) is 43.3 Å². The Bertz CT molecular complexity index is 853. The van der Waals surface area contributed by atoms with Crippen molar-refractivity contribution in [3.8, 4) is 11.1 Å². The number of guanidine groups is 2. The summed E-state index contributed by atoms with van der Waals surface area (Å²) in [5.74, 6) is -0.0344. The van der Waals surface area contributed by atoms with Crippen molar-refractivity contribution in [1.29, 1.82) is 0 Å². The molecule has 1 aromatic heterocycles. The largest absolute Gasteiger partial charge is 0.417 e. The van der Waals surface area contributed by atoms with Crippen LogP contribution in [0.5, 0.6) is 0 Å². The zero-order valence-electron chi connectivity index (χ0n) is 14.1. The van der Waals surface area contributed by atoms with Gasteiger partial charge in [-0.15, -0.1) is 0 Å². The molecule has 1 heterocycles. The molecule has 0 aliphatic heterocycles. The lowest BCUT2D eigenvalue weighted by molar-refractivity contribution is -0.137. The number of alkyl halides is 3. The number of aromatic nitrogens is 1. The van der Waals surface area contributed by atoms with Crippen LogP contribution in [0.4, 0.5) is 24.7 Å². The SMILES string of the molecule is CN(C)c1ncc(C(F)(F)F)cc1-c1cccc(N=C(N)N=C(N)N)c1. The minimum absolute atomic E-state index is 0.169. The minimum atomic E-state index is -4.50. The number of rotatable bonds is 3. The Labute approximate surface area is 148 Å². The van der Waals surface area contributed by atoms with E-state index in [1.807, 2.05) is 0 Å². The number of nitrogens with two attached hydrogens (primary N) is 3. The van der Waals surface area contributed by atoms with Crippen LogP contribution in [-0.2, 0) is 6.18 Å². The quantitative estimate of drug-likeness (QED) is 0.568. The highest BCUT2D eigenvalue weighted by molar-refractivity contribution is 5.93. The van der Waals surface area contributed by atoms with E-state index in [-0.39, 0.29) is 11.9 Å². The van der Waals surface area contributed by atoms with E-state index in [9.17, 15) is 13.2 Å². The van der Waals surface area contributed by atoms with Crippen molar-refractivity contribution < 1.29 is 13.2 Å². The van der Waals surface area contributed by atoms with Crippen LogP contribution in [0.3, 0.4) is 0 Å². The van der Waals surface area contributed by atoms with Crippen molar-refractivity contribution >= 4 is 23.4 Å². The van der Waals surface area contributed by atoms with Gasteiger partial charge in [-0.25, -0.2) is 9.98 Å². The highest BCUT2D eigenvalue weighted by Crippen LogP contribution is 2.36. The lowest BCUT2D eigenvalue weighted by Gasteiger charge is -2.18. The molecule has 0 unspecified atom stereocenters. The lowest BCUT2D eigenvalue weighted by Crippen LogP contribution is -2.26. The first kappa shape index (κ1) is 19.0. The van der Waals surface area contributed by atoms with E-state index in [0.29, 0.717) is 22.6 Å². The van der Waals surface area contributed by atoms with Gasteiger partial charge in [0.15, 0.2) is 5.96 Å². The topological polar surface area (TPSA) is 119 Å². The van der Waals surface area contributed by atoms with Crippen LogP contribution in [-0.4, -0.2) is 31.0 Å². The van der Waals surface area contributed by atoms with Crippen molar-refractivity contribution in [3.63, 3.8) is 0 Å². The smallest absolute Gasteiger partial charge is 0.370 e. The second-order valence-electron chi connectivity index (χ2n) is 5.54. The number of anilines is 1. The summed E-state index contributed by atoms with van der Waals surface area (Å²) in [6, 6.07) is 7.52. The van der Waals surface area contributed by atoms with E-state index in [2.05, 4.69) is 15.0 Å². The maximum absolute atomic E-state index is 13.1. The number of benzene rings is 1. The monoisotopic (exact) mass is 365 g/mol. The zero-order valence-corrected chi connectivity index (χ0v) is 14.1. The van der Waals surface area contributed by atoms with E-state index in [0.717, 1.165) is 12.3 Å². The Morgan fingerprint density at radius 2 is 1.81 bits per heavy atom. The van der Waals surface area contributed by atoms with Crippen LogP contribution in [0, 0.1) is 0 Å². The molecule has 0 aliphatic carbocycles. The summed E-state index contributed by atoms with van der Waals surface area (Å²) in [6.45, 7) is 0. The number of hydrogen-bond donors (Lipinski definition) is 3. The molecule has 7 nitrogen and oxygen atoms in total. The lowest BCUT2D eigenvalue weighted by atomic mass is 10.0. The number of halogens is 3. The molecule has 0 fully saturated rings. The molecule has 10 heteroatoms. The molecule has 1 aromatic carbocycles. The minimum Gasteiger partial charge on any atom is -0.370 e. The van der Waals surface area contributed by atoms with Crippen molar-refractivity contribution in [2.75, 3.05) is 19.0 Å². The predicted molar refractivity (Wildman–Crippen MR) is 96.1 cm³/mol. The average Bonchev–Trinajstić information content (AvgIpc) is 2.52. The summed E-state index contributed by atoms with van der Waals surface area (Å²) in [7, 11) is 3.38. The molecule has 0 saturated heterocycles. The highest BCUT2D eigenvalue weighted by Gasteiger charge is 2.32. The van der Waals surface area contributed by atoms with Crippen molar-refractivity contribution in [1.82, 2.24) is 4.98 Å². The molecule has 0 saturated carbocycles. The van der Waals surface area contributed by atoms with Gasteiger partial charge in [0.05, 0.1) is 11.3 Å². The molecule has 0 radical (unpaired) electrons. The Kier molecular flexibility index (Phi) is 5.34. The molecule has 0 aliphatic rings. The summed E-state index contributed by atoms with van der Waals surface area (Å²) in [5.41, 5.74) is 16.4. The number of nitrogens with zero attached hydrogens (tertiary/aromatic N) is 4. The normalized spacial score (nSPS) is 12.0. The molecule has 0 bridgehead atoms. The van der Waals surface area contributed by atoms with Gasteiger partial charge in [0, 0.05) is 25.9 Å². The molecule has 6 N–H and O–H groups in total. The van der Waals surface area contributed by atoms with Gasteiger partial charge in [-0.05, 0) is 23.8 Å².